The van der Waals surface area contributed by atoms with Crippen molar-refractivity contribution in [2.24, 2.45) is 11.7 Å². The number of rotatable bonds is 5. The molecule has 5 heteroatoms. The third-order valence-corrected chi connectivity index (χ3v) is 4.51. The van der Waals surface area contributed by atoms with Crippen molar-refractivity contribution in [2.45, 2.75) is 44.6 Å². The molecule has 1 aromatic carbocycles. The average Bonchev–Trinajstić information content (AvgIpc) is 2.48. The van der Waals surface area contributed by atoms with Crippen LogP contribution in [-0.2, 0) is 4.79 Å². The van der Waals surface area contributed by atoms with Crippen LogP contribution in [0.3, 0.4) is 0 Å². The number of carbonyl (C=O) groups is 2. The summed E-state index contributed by atoms with van der Waals surface area (Å²) < 4.78 is 0. The molecule has 0 spiro atoms. The minimum Gasteiger partial charge on any atom is -0.480 e. The number of carboxylic acid groups (broad SMARTS) is 1. The molecule has 1 saturated carbocycles. The molecule has 5 nitrogen and oxygen atoms in total. The van der Waals surface area contributed by atoms with Gasteiger partial charge < -0.3 is 16.2 Å². The van der Waals surface area contributed by atoms with Gasteiger partial charge in [-0.3, -0.25) is 4.79 Å². The zero-order chi connectivity index (χ0) is 15.5. The number of nitrogens with one attached hydrogen (secondary N) is 1. The molecule has 4 N–H and O–H groups in total. The largest absolute Gasteiger partial charge is 0.480 e. The van der Waals surface area contributed by atoms with Crippen molar-refractivity contribution < 1.29 is 14.7 Å². The number of carboxylic acids is 1. The number of para-hydroxylation sites is 1. The molecule has 1 fully saturated rings. The first-order chi connectivity index (χ1) is 9.98. The molecule has 0 unspecified atom stereocenters. The lowest BCUT2D eigenvalue weighted by Gasteiger charge is -2.38. The van der Waals surface area contributed by atoms with Crippen LogP contribution < -0.4 is 11.1 Å². The van der Waals surface area contributed by atoms with Crippen LogP contribution in [0.15, 0.2) is 24.3 Å². The lowest BCUT2D eigenvalue weighted by Crippen LogP contribution is -2.49. The van der Waals surface area contributed by atoms with Crippen LogP contribution in [0.5, 0.6) is 0 Å². The van der Waals surface area contributed by atoms with Crippen LogP contribution in [0.1, 0.15) is 49.4 Å². The van der Waals surface area contributed by atoms with E-state index >= 15 is 0 Å². The number of amides is 1. The molecule has 0 heterocycles. The molecule has 0 aromatic heterocycles. The molecule has 0 aliphatic heterocycles. The van der Waals surface area contributed by atoms with E-state index in [0.29, 0.717) is 30.0 Å². The van der Waals surface area contributed by atoms with Gasteiger partial charge in [0, 0.05) is 5.69 Å². The van der Waals surface area contributed by atoms with E-state index in [9.17, 15) is 14.7 Å². The maximum absolute atomic E-state index is 11.8. The highest BCUT2D eigenvalue weighted by molar-refractivity contribution is 5.99. The maximum atomic E-state index is 11.8. The zero-order valence-electron chi connectivity index (χ0n) is 12.3. The predicted molar refractivity (Wildman–Crippen MR) is 81.2 cm³/mol. The van der Waals surface area contributed by atoms with E-state index in [1.54, 1.807) is 24.3 Å². The monoisotopic (exact) mass is 290 g/mol. The third-order valence-electron chi connectivity index (χ3n) is 4.51. The molecule has 1 amide bonds. The predicted octanol–water partition coefficient (Wildman–Crippen LogP) is 2.62. The van der Waals surface area contributed by atoms with Crippen molar-refractivity contribution in [1.29, 1.82) is 0 Å². The van der Waals surface area contributed by atoms with Gasteiger partial charge >= 0.3 is 5.97 Å². The first kappa shape index (κ1) is 15.4. The summed E-state index contributed by atoms with van der Waals surface area (Å²) in [5, 5.41) is 12.7. The van der Waals surface area contributed by atoms with Crippen molar-refractivity contribution in [1.82, 2.24) is 0 Å². The van der Waals surface area contributed by atoms with E-state index < -0.39 is 17.4 Å². The van der Waals surface area contributed by atoms with Crippen LogP contribution in [0.4, 0.5) is 5.69 Å². The number of hydrogen-bond donors (Lipinski definition) is 3. The third kappa shape index (κ3) is 3.17. The van der Waals surface area contributed by atoms with Crippen molar-refractivity contribution in [3.05, 3.63) is 29.8 Å². The Morgan fingerprint density at radius 2 is 1.95 bits per heavy atom. The zero-order valence-corrected chi connectivity index (χ0v) is 12.3. The Morgan fingerprint density at radius 1 is 1.33 bits per heavy atom. The number of carbonyl (C=O) groups excluding carboxylic acids is 1. The molecular formula is C16H22N2O3. The van der Waals surface area contributed by atoms with Gasteiger partial charge in [0.2, 0.25) is 0 Å². The summed E-state index contributed by atoms with van der Waals surface area (Å²) >= 11 is 0. The fourth-order valence-electron chi connectivity index (χ4n) is 3.04. The highest BCUT2D eigenvalue weighted by atomic mass is 16.4. The lowest BCUT2D eigenvalue weighted by molar-refractivity contribution is -0.143. The van der Waals surface area contributed by atoms with Gasteiger partial charge in [-0.15, -0.1) is 0 Å². The van der Waals surface area contributed by atoms with Gasteiger partial charge in [0.05, 0.1) is 5.56 Å². The normalized spacial score (nSPS) is 25.3. The van der Waals surface area contributed by atoms with Gasteiger partial charge in [0.15, 0.2) is 0 Å². The Balaban J connectivity index is 2.26. The maximum Gasteiger partial charge on any atom is 0.329 e. The highest BCUT2D eigenvalue weighted by Gasteiger charge is 2.42. The molecular weight excluding hydrogens is 268 g/mol. The average molecular weight is 290 g/mol. The number of hydrogen-bond acceptors (Lipinski definition) is 3. The van der Waals surface area contributed by atoms with Crippen LogP contribution in [0, 0.1) is 5.92 Å². The van der Waals surface area contributed by atoms with Crippen molar-refractivity contribution in [2.75, 3.05) is 5.32 Å². The highest BCUT2D eigenvalue weighted by Crippen LogP contribution is 2.37. The Labute approximate surface area is 124 Å². The van der Waals surface area contributed by atoms with E-state index in [0.717, 1.165) is 19.3 Å². The van der Waals surface area contributed by atoms with E-state index in [-0.39, 0.29) is 0 Å². The Hall–Kier alpha value is -2.04. The van der Waals surface area contributed by atoms with Gasteiger partial charge in [-0.1, -0.05) is 25.5 Å². The van der Waals surface area contributed by atoms with Crippen LogP contribution in [0.2, 0.25) is 0 Å². The van der Waals surface area contributed by atoms with Crippen LogP contribution in [0.25, 0.3) is 0 Å². The first-order valence-electron chi connectivity index (χ1n) is 7.39. The molecule has 1 aliphatic rings. The number of primary amides is 1. The first-order valence-corrected chi connectivity index (χ1v) is 7.39. The van der Waals surface area contributed by atoms with Gasteiger partial charge in [0.1, 0.15) is 5.54 Å². The van der Waals surface area contributed by atoms with Gasteiger partial charge in [-0.2, -0.15) is 0 Å². The fourth-order valence-corrected chi connectivity index (χ4v) is 3.04. The second kappa shape index (κ2) is 6.16. The summed E-state index contributed by atoms with van der Waals surface area (Å²) in [7, 11) is 0. The van der Waals surface area contributed by atoms with Crippen LogP contribution in [-0.4, -0.2) is 22.5 Å². The standard InChI is InChI=1S/C16H22N2O3/c1-2-11-7-9-16(10-8-11,15(20)21)18-13-6-4-3-5-12(13)14(17)19/h3-6,11,18H,2,7-10H2,1H3,(H2,17,19)(H,20,21). The molecule has 1 aromatic rings. The minimum absolute atomic E-state index is 0.329. The Bertz CT molecular complexity index is 534. The molecule has 0 bridgehead atoms. The van der Waals surface area contributed by atoms with Crippen LogP contribution >= 0.6 is 0 Å². The number of benzene rings is 1. The summed E-state index contributed by atoms with van der Waals surface area (Å²) in [6, 6.07) is 6.79. The van der Waals surface area contributed by atoms with E-state index in [1.807, 2.05) is 0 Å². The molecule has 2 rings (SSSR count). The summed E-state index contributed by atoms with van der Waals surface area (Å²) in [5.41, 5.74) is 5.18. The summed E-state index contributed by atoms with van der Waals surface area (Å²) in [6.07, 6.45) is 3.97. The SMILES string of the molecule is CCC1CCC(Nc2ccccc2C(N)=O)(C(=O)O)CC1. The quantitative estimate of drug-likeness (QED) is 0.777. The van der Waals surface area contributed by atoms with Gasteiger partial charge in [0.25, 0.3) is 5.91 Å². The van der Waals surface area contributed by atoms with E-state index in [4.69, 9.17) is 5.73 Å². The van der Waals surface area contributed by atoms with E-state index in [1.165, 1.54) is 0 Å². The lowest BCUT2D eigenvalue weighted by atomic mass is 9.75. The van der Waals surface area contributed by atoms with Crippen molar-refractivity contribution >= 4 is 17.6 Å². The Morgan fingerprint density at radius 3 is 2.48 bits per heavy atom. The number of aliphatic carboxylic acids is 1. The molecule has 0 radical (unpaired) electrons. The summed E-state index contributed by atoms with van der Waals surface area (Å²) in [5.74, 6) is -0.831. The van der Waals surface area contributed by atoms with Gasteiger partial charge in [-0.25, -0.2) is 4.79 Å². The Kier molecular flexibility index (Phi) is 4.50. The van der Waals surface area contributed by atoms with Crippen molar-refractivity contribution in [3.63, 3.8) is 0 Å². The number of anilines is 1. The molecule has 21 heavy (non-hydrogen) atoms. The summed E-state index contributed by atoms with van der Waals surface area (Å²) in [4.78, 5) is 23.2. The summed E-state index contributed by atoms with van der Waals surface area (Å²) in [6.45, 7) is 2.13. The topological polar surface area (TPSA) is 92.4 Å². The number of nitrogens with two attached hydrogens (primary N) is 1. The molecule has 0 saturated heterocycles. The van der Waals surface area contributed by atoms with Gasteiger partial charge in [-0.05, 0) is 43.7 Å². The smallest absolute Gasteiger partial charge is 0.329 e. The molecule has 0 atom stereocenters. The molecule has 114 valence electrons. The minimum atomic E-state index is -1.00. The second-order valence-electron chi connectivity index (χ2n) is 5.77. The second-order valence-corrected chi connectivity index (χ2v) is 5.77. The molecule has 1 aliphatic carbocycles. The van der Waals surface area contributed by atoms with Crippen molar-refractivity contribution in [3.8, 4) is 0 Å². The van der Waals surface area contributed by atoms with E-state index in [2.05, 4.69) is 12.2 Å². The fraction of sp³-hybridized carbons (Fsp3) is 0.500.